The van der Waals surface area contributed by atoms with Crippen molar-refractivity contribution in [1.29, 1.82) is 0 Å². The maximum Gasteiger partial charge on any atom is 0.143 e. The van der Waals surface area contributed by atoms with Crippen molar-refractivity contribution in [3.8, 4) is 5.75 Å². The highest BCUT2D eigenvalue weighted by Gasteiger charge is 2.26. The topological polar surface area (TPSA) is 37.3 Å². The van der Waals surface area contributed by atoms with Crippen LogP contribution < -0.4 is 0 Å². The lowest BCUT2D eigenvalue weighted by Crippen LogP contribution is -1.87. The molecule has 0 saturated heterocycles. The molecule has 0 radical (unpaired) electrons. The second-order valence-electron chi connectivity index (χ2n) is 3.58. The molecular weight excluding hydrogens is 176 g/mol. The summed E-state index contributed by atoms with van der Waals surface area (Å²) in [6, 6.07) is 7.06. The van der Waals surface area contributed by atoms with Crippen LogP contribution in [0.4, 0.5) is 0 Å². The normalized spacial score (nSPS) is 16.7. The second kappa shape index (κ2) is 3.66. The van der Waals surface area contributed by atoms with Gasteiger partial charge in [0, 0.05) is 0 Å². The molecule has 72 valence electrons. The molecule has 14 heavy (non-hydrogen) atoms. The van der Waals surface area contributed by atoms with E-state index in [-0.39, 0.29) is 5.75 Å². The Morgan fingerprint density at radius 3 is 2.79 bits per heavy atom. The average Bonchev–Trinajstić information content (AvgIpc) is 2.97. The Balaban J connectivity index is 2.35. The van der Waals surface area contributed by atoms with Crippen LogP contribution in [0.2, 0.25) is 0 Å². The first-order valence-electron chi connectivity index (χ1n) is 4.76. The standard InChI is InChI=1S/C12H12O2/c13-7-6-12(9-4-5-9)10-2-1-3-11(14)8-10/h1-3,6-9,14H,4-5H2/b12-6-. The third-order valence-corrected chi connectivity index (χ3v) is 2.44. The molecule has 1 fully saturated rings. The van der Waals surface area contributed by atoms with E-state index in [0.717, 1.165) is 30.3 Å². The first kappa shape index (κ1) is 9.00. The van der Waals surface area contributed by atoms with Crippen molar-refractivity contribution in [3.63, 3.8) is 0 Å². The smallest absolute Gasteiger partial charge is 0.143 e. The predicted molar refractivity (Wildman–Crippen MR) is 54.9 cm³/mol. The highest BCUT2D eigenvalue weighted by molar-refractivity contribution is 5.83. The zero-order valence-corrected chi connectivity index (χ0v) is 7.81. The molecule has 0 aromatic heterocycles. The number of phenolic OH excluding ortho intramolecular Hbond substituents is 1. The Morgan fingerprint density at radius 2 is 2.21 bits per heavy atom. The van der Waals surface area contributed by atoms with E-state index in [1.54, 1.807) is 24.3 Å². The van der Waals surface area contributed by atoms with E-state index >= 15 is 0 Å². The molecule has 1 aromatic carbocycles. The molecule has 0 aliphatic heterocycles. The van der Waals surface area contributed by atoms with Crippen molar-refractivity contribution >= 4 is 11.9 Å². The highest BCUT2D eigenvalue weighted by Crippen LogP contribution is 2.42. The van der Waals surface area contributed by atoms with Crippen molar-refractivity contribution in [3.05, 3.63) is 35.9 Å². The van der Waals surface area contributed by atoms with Crippen molar-refractivity contribution in [2.75, 3.05) is 0 Å². The zero-order chi connectivity index (χ0) is 9.97. The van der Waals surface area contributed by atoms with Gasteiger partial charge in [0.25, 0.3) is 0 Å². The number of rotatable bonds is 3. The summed E-state index contributed by atoms with van der Waals surface area (Å²) in [4.78, 5) is 10.5. The van der Waals surface area contributed by atoms with Gasteiger partial charge in [-0.3, -0.25) is 4.79 Å². The largest absolute Gasteiger partial charge is 0.508 e. The van der Waals surface area contributed by atoms with Gasteiger partial charge in [0.2, 0.25) is 0 Å². The van der Waals surface area contributed by atoms with Crippen LogP contribution in [-0.2, 0) is 4.79 Å². The minimum Gasteiger partial charge on any atom is -0.508 e. The fourth-order valence-corrected chi connectivity index (χ4v) is 1.62. The third-order valence-electron chi connectivity index (χ3n) is 2.44. The van der Waals surface area contributed by atoms with Gasteiger partial charge in [0.1, 0.15) is 12.0 Å². The molecule has 1 N–H and O–H groups in total. The maximum absolute atomic E-state index is 10.5. The summed E-state index contributed by atoms with van der Waals surface area (Å²) in [7, 11) is 0. The van der Waals surface area contributed by atoms with Gasteiger partial charge in [-0.15, -0.1) is 0 Å². The quantitative estimate of drug-likeness (QED) is 0.584. The fourth-order valence-electron chi connectivity index (χ4n) is 1.62. The number of phenols is 1. The molecule has 0 atom stereocenters. The van der Waals surface area contributed by atoms with E-state index in [2.05, 4.69) is 0 Å². The number of benzene rings is 1. The van der Waals surface area contributed by atoms with Crippen LogP contribution in [0.1, 0.15) is 18.4 Å². The van der Waals surface area contributed by atoms with E-state index in [1.807, 2.05) is 6.07 Å². The molecule has 0 spiro atoms. The van der Waals surface area contributed by atoms with Crippen LogP contribution in [0.5, 0.6) is 5.75 Å². The van der Waals surface area contributed by atoms with Crippen LogP contribution >= 0.6 is 0 Å². The van der Waals surface area contributed by atoms with Gasteiger partial charge in [-0.25, -0.2) is 0 Å². The lowest BCUT2D eigenvalue weighted by Gasteiger charge is -2.04. The molecule has 1 aliphatic carbocycles. The number of aromatic hydroxyl groups is 1. The lowest BCUT2D eigenvalue weighted by atomic mass is 10.0. The molecule has 2 rings (SSSR count). The van der Waals surface area contributed by atoms with E-state index in [4.69, 9.17) is 0 Å². The Kier molecular flexibility index (Phi) is 2.35. The summed E-state index contributed by atoms with van der Waals surface area (Å²) in [6.07, 6.45) is 4.72. The van der Waals surface area contributed by atoms with Gasteiger partial charge in [0.15, 0.2) is 0 Å². The molecule has 1 saturated carbocycles. The third kappa shape index (κ3) is 1.84. The maximum atomic E-state index is 10.5. The number of carbonyl (C=O) groups is 1. The molecule has 0 bridgehead atoms. The van der Waals surface area contributed by atoms with Gasteiger partial charge < -0.3 is 5.11 Å². The summed E-state index contributed by atoms with van der Waals surface area (Å²) >= 11 is 0. The number of allylic oxidation sites excluding steroid dienone is 2. The summed E-state index contributed by atoms with van der Waals surface area (Å²) in [5.74, 6) is 0.766. The molecule has 2 heteroatoms. The summed E-state index contributed by atoms with van der Waals surface area (Å²) in [5.41, 5.74) is 2.01. The first-order valence-corrected chi connectivity index (χ1v) is 4.76. The molecule has 2 nitrogen and oxygen atoms in total. The Morgan fingerprint density at radius 1 is 1.43 bits per heavy atom. The SMILES string of the molecule is O=C/C=C(\c1cccc(O)c1)C1CC1. The second-order valence-corrected chi connectivity index (χ2v) is 3.58. The summed E-state index contributed by atoms with van der Waals surface area (Å²) in [5, 5.41) is 9.32. The van der Waals surface area contributed by atoms with E-state index in [0.29, 0.717) is 5.92 Å². The van der Waals surface area contributed by atoms with Crippen molar-refractivity contribution in [2.24, 2.45) is 5.92 Å². The van der Waals surface area contributed by atoms with Gasteiger partial charge in [0.05, 0.1) is 0 Å². The van der Waals surface area contributed by atoms with Crippen molar-refractivity contribution < 1.29 is 9.90 Å². The minimum absolute atomic E-state index is 0.250. The highest BCUT2D eigenvalue weighted by atomic mass is 16.3. The minimum atomic E-state index is 0.250. The Labute approximate surface area is 82.9 Å². The van der Waals surface area contributed by atoms with E-state index in [1.165, 1.54) is 0 Å². The van der Waals surface area contributed by atoms with Crippen molar-refractivity contribution in [1.82, 2.24) is 0 Å². The Hall–Kier alpha value is -1.57. The summed E-state index contributed by atoms with van der Waals surface area (Å²) in [6.45, 7) is 0. The van der Waals surface area contributed by atoms with Gasteiger partial charge >= 0.3 is 0 Å². The zero-order valence-electron chi connectivity index (χ0n) is 7.81. The van der Waals surface area contributed by atoms with E-state index in [9.17, 15) is 9.90 Å². The van der Waals surface area contributed by atoms with Crippen LogP contribution in [0.25, 0.3) is 5.57 Å². The molecule has 0 heterocycles. The van der Waals surface area contributed by atoms with E-state index < -0.39 is 0 Å². The number of hydrogen-bond donors (Lipinski definition) is 1. The molecular formula is C12H12O2. The monoisotopic (exact) mass is 188 g/mol. The van der Waals surface area contributed by atoms with Gasteiger partial charge in [-0.1, -0.05) is 12.1 Å². The Bertz CT molecular complexity index is 376. The molecule has 0 amide bonds. The number of aldehydes is 1. The molecule has 1 aliphatic rings. The van der Waals surface area contributed by atoms with Crippen LogP contribution in [0.3, 0.4) is 0 Å². The molecule has 0 unspecified atom stereocenters. The number of hydrogen-bond acceptors (Lipinski definition) is 2. The average molecular weight is 188 g/mol. The van der Waals surface area contributed by atoms with Crippen LogP contribution in [0, 0.1) is 5.92 Å². The van der Waals surface area contributed by atoms with Crippen LogP contribution in [0.15, 0.2) is 30.3 Å². The lowest BCUT2D eigenvalue weighted by molar-refractivity contribution is -0.104. The van der Waals surface area contributed by atoms with Gasteiger partial charge in [-0.2, -0.15) is 0 Å². The first-order chi connectivity index (χ1) is 6.81. The van der Waals surface area contributed by atoms with Gasteiger partial charge in [-0.05, 0) is 48.1 Å². The summed E-state index contributed by atoms with van der Waals surface area (Å²) < 4.78 is 0. The van der Waals surface area contributed by atoms with Crippen molar-refractivity contribution in [2.45, 2.75) is 12.8 Å². The predicted octanol–water partition coefficient (Wildman–Crippen LogP) is 2.38. The molecule has 1 aromatic rings. The number of carbonyl (C=O) groups excluding carboxylic acids is 1. The fraction of sp³-hybridized carbons (Fsp3) is 0.250. The van der Waals surface area contributed by atoms with Crippen LogP contribution in [-0.4, -0.2) is 11.4 Å².